The van der Waals surface area contributed by atoms with Crippen LogP contribution in [-0.2, 0) is 19.1 Å². The van der Waals surface area contributed by atoms with Crippen LogP contribution in [0.1, 0.15) is 0 Å². The molecular formula is C7H7F3O4. The highest BCUT2D eigenvalue weighted by Gasteiger charge is 2.17. The van der Waals surface area contributed by atoms with E-state index in [9.17, 15) is 22.8 Å². The molecule has 80 valence electrons. The van der Waals surface area contributed by atoms with Crippen molar-refractivity contribution in [3.63, 3.8) is 0 Å². The van der Waals surface area contributed by atoms with E-state index in [1.807, 2.05) is 0 Å². The molecule has 0 N–H and O–H groups in total. The second-order valence-electron chi connectivity index (χ2n) is 2.07. The minimum Gasteiger partial charge on any atom is -0.461 e. The first-order valence-electron chi connectivity index (χ1n) is 3.37. The molecule has 0 aromatic carbocycles. The summed E-state index contributed by atoms with van der Waals surface area (Å²) in [7, 11) is 0.922. The Morgan fingerprint density at radius 3 is 2.14 bits per heavy atom. The van der Waals surface area contributed by atoms with E-state index in [2.05, 4.69) is 9.47 Å². The van der Waals surface area contributed by atoms with Crippen LogP contribution in [0.4, 0.5) is 13.2 Å². The molecule has 0 aromatic heterocycles. The smallest absolute Gasteiger partial charge is 0.417 e. The first-order valence-corrected chi connectivity index (χ1v) is 3.37. The number of carbonyl (C=O) groups is 2. The molecule has 7 heteroatoms. The Labute approximate surface area is 77.3 Å². The minimum atomic E-state index is -2.27. The second-order valence-corrected chi connectivity index (χ2v) is 2.07. The van der Waals surface area contributed by atoms with Crippen molar-refractivity contribution in [3.05, 3.63) is 11.7 Å². The molecule has 0 heterocycles. The SMILES string of the molecule is COC(=O)C(=O)OCC(CF)=C(F)F. The standard InChI is InChI=1S/C7H7F3O4/c1-13-6(11)7(12)14-3-4(2-8)5(9)10/h2-3H2,1H3. The maximum atomic E-state index is 11.8. The molecule has 0 aliphatic rings. The number of halogens is 3. The number of ether oxygens (including phenoxy) is 2. The molecule has 0 saturated carbocycles. The summed E-state index contributed by atoms with van der Waals surface area (Å²) in [5.41, 5.74) is -0.984. The van der Waals surface area contributed by atoms with Gasteiger partial charge in [0.2, 0.25) is 0 Å². The first kappa shape index (κ1) is 12.5. The van der Waals surface area contributed by atoms with Crippen LogP contribution in [0.3, 0.4) is 0 Å². The third-order valence-electron chi connectivity index (χ3n) is 1.16. The minimum absolute atomic E-state index is 0.922. The number of methoxy groups -OCH3 is 1. The second kappa shape index (κ2) is 6.01. The average Bonchev–Trinajstić information content (AvgIpc) is 2.16. The molecule has 0 spiro atoms. The van der Waals surface area contributed by atoms with Crippen molar-refractivity contribution < 1.29 is 32.2 Å². The van der Waals surface area contributed by atoms with Crippen LogP contribution < -0.4 is 0 Å². The Kier molecular flexibility index (Phi) is 5.35. The zero-order valence-corrected chi connectivity index (χ0v) is 7.18. The van der Waals surface area contributed by atoms with Crippen molar-refractivity contribution in [2.24, 2.45) is 0 Å². The molecule has 0 atom stereocenters. The van der Waals surface area contributed by atoms with Crippen molar-refractivity contribution >= 4 is 11.9 Å². The predicted molar refractivity (Wildman–Crippen MR) is 38.2 cm³/mol. The van der Waals surface area contributed by atoms with Gasteiger partial charge in [-0.25, -0.2) is 14.0 Å². The molecule has 0 saturated heterocycles. The molecule has 0 amide bonds. The van der Waals surface area contributed by atoms with Crippen LogP contribution >= 0.6 is 0 Å². The van der Waals surface area contributed by atoms with Gasteiger partial charge in [-0.2, -0.15) is 8.78 Å². The van der Waals surface area contributed by atoms with Gasteiger partial charge < -0.3 is 9.47 Å². The Morgan fingerprint density at radius 2 is 1.79 bits per heavy atom. The van der Waals surface area contributed by atoms with Crippen LogP contribution in [0, 0.1) is 0 Å². The van der Waals surface area contributed by atoms with Crippen molar-refractivity contribution in [1.82, 2.24) is 0 Å². The highest BCUT2D eigenvalue weighted by molar-refractivity contribution is 6.29. The van der Waals surface area contributed by atoms with Gasteiger partial charge in [0.05, 0.1) is 12.7 Å². The highest BCUT2D eigenvalue weighted by atomic mass is 19.3. The fraction of sp³-hybridized carbons (Fsp3) is 0.429. The molecule has 0 fully saturated rings. The molecule has 0 aliphatic carbocycles. The molecule has 0 aliphatic heterocycles. The van der Waals surface area contributed by atoms with Gasteiger partial charge in [0, 0.05) is 0 Å². The van der Waals surface area contributed by atoms with Crippen LogP contribution in [-0.4, -0.2) is 32.3 Å². The summed E-state index contributed by atoms with van der Waals surface area (Å²) < 4.78 is 43.3. The van der Waals surface area contributed by atoms with Gasteiger partial charge >= 0.3 is 11.9 Å². The normalized spacial score (nSPS) is 9.14. The Morgan fingerprint density at radius 1 is 1.21 bits per heavy atom. The summed E-state index contributed by atoms with van der Waals surface area (Å²) in [4.78, 5) is 20.9. The topological polar surface area (TPSA) is 52.6 Å². The lowest BCUT2D eigenvalue weighted by Crippen LogP contribution is -2.20. The Hall–Kier alpha value is -1.53. The summed E-state index contributed by atoms with van der Waals surface area (Å²) in [6.07, 6.45) is -2.27. The van der Waals surface area contributed by atoms with Crippen LogP contribution in [0.25, 0.3) is 0 Å². The predicted octanol–water partition coefficient (Wildman–Crippen LogP) is 0.823. The van der Waals surface area contributed by atoms with E-state index in [4.69, 9.17) is 0 Å². The zero-order valence-electron chi connectivity index (χ0n) is 7.18. The highest BCUT2D eigenvalue weighted by Crippen LogP contribution is 2.08. The van der Waals surface area contributed by atoms with Crippen LogP contribution in [0.2, 0.25) is 0 Å². The first-order chi connectivity index (χ1) is 6.52. The van der Waals surface area contributed by atoms with E-state index in [-0.39, 0.29) is 0 Å². The third-order valence-corrected chi connectivity index (χ3v) is 1.16. The van der Waals surface area contributed by atoms with E-state index in [1.165, 1.54) is 0 Å². The van der Waals surface area contributed by atoms with Crippen molar-refractivity contribution in [3.8, 4) is 0 Å². The maximum Gasteiger partial charge on any atom is 0.417 e. The van der Waals surface area contributed by atoms with E-state index in [1.54, 1.807) is 0 Å². The Balaban J connectivity index is 4.12. The van der Waals surface area contributed by atoms with Gasteiger partial charge in [-0.3, -0.25) is 0 Å². The molecule has 14 heavy (non-hydrogen) atoms. The fourth-order valence-corrected chi connectivity index (χ4v) is 0.439. The quantitative estimate of drug-likeness (QED) is 0.513. The van der Waals surface area contributed by atoms with Gasteiger partial charge in [-0.1, -0.05) is 0 Å². The molecule has 0 radical (unpaired) electrons. The van der Waals surface area contributed by atoms with Crippen molar-refractivity contribution in [2.75, 3.05) is 20.4 Å². The van der Waals surface area contributed by atoms with Gasteiger partial charge in [-0.05, 0) is 0 Å². The molecule has 0 rings (SSSR count). The lowest BCUT2D eigenvalue weighted by Gasteiger charge is -2.02. The number of hydrogen-bond donors (Lipinski definition) is 0. The molecule has 0 unspecified atom stereocenters. The maximum absolute atomic E-state index is 11.8. The van der Waals surface area contributed by atoms with Crippen molar-refractivity contribution in [2.45, 2.75) is 0 Å². The lowest BCUT2D eigenvalue weighted by molar-refractivity contribution is -0.165. The summed E-state index contributed by atoms with van der Waals surface area (Å²) in [6, 6.07) is 0. The monoisotopic (exact) mass is 212 g/mol. The number of rotatable bonds is 3. The lowest BCUT2D eigenvalue weighted by atomic mass is 10.3. The average molecular weight is 212 g/mol. The number of esters is 2. The van der Waals surface area contributed by atoms with E-state index in [0.29, 0.717) is 0 Å². The molecule has 0 aromatic rings. The molecule has 4 nitrogen and oxygen atoms in total. The van der Waals surface area contributed by atoms with E-state index < -0.39 is 36.9 Å². The van der Waals surface area contributed by atoms with E-state index >= 15 is 0 Å². The fourth-order valence-electron chi connectivity index (χ4n) is 0.439. The zero-order chi connectivity index (χ0) is 11.1. The van der Waals surface area contributed by atoms with Crippen molar-refractivity contribution in [1.29, 1.82) is 0 Å². The van der Waals surface area contributed by atoms with E-state index in [0.717, 1.165) is 7.11 Å². The van der Waals surface area contributed by atoms with Gasteiger partial charge in [0.25, 0.3) is 6.08 Å². The number of hydrogen-bond acceptors (Lipinski definition) is 4. The van der Waals surface area contributed by atoms with Crippen LogP contribution in [0.15, 0.2) is 11.7 Å². The number of carbonyl (C=O) groups excluding carboxylic acids is 2. The number of alkyl halides is 1. The summed E-state index contributed by atoms with van der Waals surface area (Å²) in [6.45, 7) is -2.41. The Bertz CT molecular complexity index is 258. The third kappa shape index (κ3) is 3.92. The molecule has 0 bridgehead atoms. The van der Waals surface area contributed by atoms with Gasteiger partial charge in [-0.15, -0.1) is 0 Å². The molecular weight excluding hydrogens is 205 g/mol. The summed E-state index contributed by atoms with van der Waals surface area (Å²) in [5.74, 6) is -2.78. The summed E-state index contributed by atoms with van der Waals surface area (Å²) in [5, 5.41) is 0. The largest absolute Gasteiger partial charge is 0.461 e. The van der Waals surface area contributed by atoms with Gasteiger partial charge in [0.1, 0.15) is 13.3 Å². The summed E-state index contributed by atoms with van der Waals surface area (Å²) >= 11 is 0. The van der Waals surface area contributed by atoms with Gasteiger partial charge in [0.15, 0.2) is 0 Å². The van der Waals surface area contributed by atoms with Crippen LogP contribution in [0.5, 0.6) is 0 Å².